The van der Waals surface area contributed by atoms with Crippen LogP contribution in [-0.2, 0) is 19.4 Å². The molecule has 0 fully saturated rings. The van der Waals surface area contributed by atoms with Gasteiger partial charge in [-0.25, -0.2) is 4.79 Å². The lowest BCUT2D eigenvalue weighted by Crippen LogP contribution is -2.22. The van der Waals surface area contributed by atoms with Gasteiger partial charge in [0.2, 0.25) is 0 Å². The van der Waals surface area contributed by atoms with Crippen molar-refractivity contribution in [3.63, 3.8) is 0 Å². The number of thiophene rings is 1. The lowest BCUT2D eigenvalue weighted by atomic mass is 9.76. The summed E-state index contributed by atoms with van der Waals surface area (Å²) in [5.41, 5.74) is 3.26. The number of benzene rings is 1. The minimum absolute atomic E-state index is 0.131. The van der Waals surface area contributed by atoms with E-state index in [2.05, 4.69) is 19.2 Å². The van der Waals surface area contributed by atoms with E-state index in [0.717, 1.165) is 40.8 Å². The maximum Gasteiger partial charge on any atom is 0.337 e. The molecule has 0 aliphatic heterocycles. The molecule has 0 saturated carbocycles. The molecule has 3 N–H and O–H groups in total. The van der Waals surface area contributed by atoms with Crippen molar-refractivity contribution in [3.8, 4) is 16.2 Å². The number of phenolic OH excluding ortho intramolecular Hbond substituents is 1. The Bertz CT molecular complexity index is 792. The topological polar surface area (TPSA) is 69.6 Å². The molecule has 0 saturated heterocycles. The van der Waals surface area contributed by atoms with Crippen molar-refractivity contribution in [2.75, 3.05) is 7.05 Å². The highest BCUT2D eigenvalue weighted by molar-refractivity contribution is 7.16. The smallest absolute Gasteiger partial charge is 0.337 e. The van der Waals surface area contributed by atoms with Crippen LogP contribution in [0.1, 0.15) is 46.6 Å². The number of fused-ring (bicyclic) bond motifs is 1. The average Bonchev–Trinajstić information content (AvgIpc) is 2.84. The van der Waals surface area contributed by atoms with Gasteiger partial charge in [-0.2, -0.15) is 0 Å². The first-order chi connectivity index (χ1) is 11.3. The Morgan fingerprint density at radius 3 is 2.75 bits per heavy atom. The quantitative estimate of drug-likeness (QED) is 0.782. The molecule has 5 heteroatoms. The molecule has 1 aliphatic rings. The normalized spacial score (nSPS) is 16.0. The number of rotatable bonds is 4. The molecule has 4 nitrogen and oxygen atoms in total. The molecule has 128 valence electrons. The van der Waals surface area contributed by atoms with E-state index < -0.39 is 5.97 Å². The van der Waals surface area contributed by atoms with E-state index in [1.54, 1.807) is 23.5 Å². The standard InChI is InChI=1S/C19H23NO3S/c1-19(2)5-4-15-14(9-19)16(18(22)23)17(24-15)12-6-11(10-20-3)7-13(21)8-12/h6-8,20-21H,4-5,9-10H2,1-3H3,(H,22,23). The fraction of sp³-hybridized carbons (Fsp3) is 0.421. The molecule has 0 radical (unpaired) electrons. The molecule has 0 unspecified atom stereocenters. The SMILES string of the molecule is CNCc1cc(O)cc(-c2sc3c(c2C(=O)O)CC(C)(C)CC3)c1. The van der Waals surface area contributed by atoms with E-state index in [1.165, 1.54) is 4.88 Å². The Morgan fingerprint density at radius 1 is 1.33 bits per heavy atom. The van der Waals surface area contributed by atoms with Gasteiger partial charge in [-0.1, -0.05) is 13.8 Å². The molecular weight excluding hydrogens is 322 g/mol. The van der Waals surface area contributed by atoms with E-state index >= 15 is 0 Å². The first-order valence-electron chi connectivity index (χ1n) is 8.16. The fourth-order valence-corrected chi connectivity index (χ4v) is 4.76. The van der Waals surface area contributed by atoms with Crippen molar-refractivity contribution in [1.82, 2.24) is 5.32 Å². The number of hydrogen-bond acceptors (Lipinski definition) is 4. The molecule has 1 aliphatic carbocycles. The van der Waals surface area contributed by atoms with Crippen molar-refractivity contribution in [3.05, 3.63) is 39.8 Å². The van der Waals surface area contributed by atoms with Gasteiger partial charge in [0.05, 0.1) is 5.56 Å². The van der Waals surface area contributed by atoms with Gasteiger partial charge in [-0.05, 0) is 66.6 Å². The monoisotopic (exact) mass is 345 g/mol. The zero-order chi connectivity index (χ0) is 17.5. The maximum atomic E-state index is 12.0. The van der Waals surface area contributed by atoms with Crippen LogP contribution in [0.3, 0.4) is 0 Å². The molecule has 0 bridgehead atoms. The van der Waals surface area contributed by atoms with Crippen LogP contribution in [0.5, 0.6) is 5.75 Å². The Kier molecular flexibility index (Phi) is 4.40. The maximum absolute atomic E-state index is 12.0. The van der Waals surface area contributed by atoms with Crippen LogP contribution in [0, 0.1) is 5.41 Å². The summed E-state index contributed by atoms with van der Waals surface area (Å²) in [5, 5.41) is 22.9. The Balaban J connectivity index is 2.16. The molecule has 3 rings (SSSR count). The van der Waals surface area contributed by atoms with Crippen LogP contribution < -0.4 is 5.32 Å². The number of carboxylic acid groups (broad SMARTS) is 1. The Labute approximate surface area is 146 Å². The predicted octanol–water partition coefficient (Wildman–Crippen LogP) is 4.05. The predicted molar refractivity (Wildman–Crippen MR) is 96.9 cm³/mol. The molecule has 0 amide bonds. The summed E-state index contributed by atoms with van der Waals surface area (Å²) in [7, 11) is 1.85. The number of aryl methyl sites for hydroxylation is 1. The highest BCUT2D eigenvalue weighted by atomic mass is 32.1. The zero-order valence-corrected chi connectivity index (χ0v) is 15.1. The minimum Gasteiger partial charge on any atom is -0.508 e. The van der Waals surface area contributed by atoms with E-state index in [4.69, 9.17) is 0 Å². The first-order valence-corrected chi connectivity index (χ1v) is 8.98. The van der Waals surface area contributed by atoms with E-state index in [-0.39, 0.29) is 11.2 Å². The number of aromatic carboxylic acids is 1. The summed E-state index contributed by atoms with van der Waals surface area (Å²) >= 11 is 1.57. The largest absolute Gasteiger partial charge is 0.508 e. The molecule has 1 aromatic carbocycles. The number of carboxylic acids is 1. The highest BCUT2D eigenvalue weighted by Gasteiger charge is 2.33. The van der Waals surface area contributed by atoms with Crippen molar-refractivity contribution in [2.45, 2.75) is 39.7 Å². The van der Waals surface area contributed by atoms with E-state index in [0.29, 0.717) is 12.1 Å². The van der Waals surface area contributed by atoms with Gasteiger partial charge in [0.25, 0.3) is 0 Å². The summed E-state index contributed by atoms with van der Waals surface area (Å²) < 4.78 is 0. The third-order valence-electron chi connectivity index (χ3n) is 4.61. The molecule has 2 aromatic rings. The highest BCUT2D eigenvalue weighted by Crippen LogP contribution is 2.45. The summed E-state index contributed by atoms with van der Waals surface area (Å²) in [4.78, 5) is 13.9. The van der Waals surface area contributed by atoms with Crippen molar-refractivity contribution >= 4 is 17.3 Å². The summed E-state index contributed by atoms with van der Waals surface area (Å²) in [6.07, 6.45) is 2.79. The molecular formula is C19H23NO3S. The lowest BCUT2D eigenvalue weighted by Gasteiger charge is -2.29. The van der Waals surface area contributed by atoms with Crippen LogP contribution in [-0.4, -0.2) is 23.2 Å². The zero-order valence-electron chi connectivity index (χ0n) is 14.3. The average molecular weight is 345 g/mol. The number of carbonyl (C=O) groups is 1. The van der Waals surface area contributed by atoms with Crippen LogP contribution in [0.4, 0.5) is 0 Å². The van der Waals surface area contributed by atoms with E-state index in [1.807, 2.05) is 13.1 Å². The van der Waals surface area contributed by atoms with Crippen LogP contribution in [0.2, 0.25) is 0 Å². The second kappa shape index (κ2) is 6.22. The Hall–Kier alpha value is -1.85. The van der Waals surface area contributed by atoms with Gasteiger partial charge in [0.1, 0.15) is 5.75 Å². The molecule has 1 heterocycles. The lowest BCUT2D eigenvalue weighted by molar-refractivity contribution is 0.0696. The van der Waals surface area contributed by atoms with Gasteiger partial charge in [0, 0.05) is 16.3 Å². The number of nitrogens with one attached hydrogen (secondary N) is 1. The summed E-state index contributed by atoms with van der Waals surface area (Å²) in [6, 6.07) is 5.33. The van der Waals surface area contributed by atoms with Gasteiger partial charge >= 0.3 is 5.97 Å². The van der Waals surface area contributed by atoms with Crippen LogP contribution in [0.15, 0.2) is 18.2 Å². The van der Waals surface area contributed by atoms with Crippen LogP contribution in [0.25, 0.3) is 10.4 Å². The fourth-order valence-electron chi connectivity index (χ4n) is 3.46. The minimum atomic E-state index is -0.876. The summed E-state index contributed by atoms with van der Waals surface area (Å²) in [6.45, 7) is 5.01. The molecule has 1 aromatic heterocycles. The van der Waals surface area contributed by atoms with Gasteiger partial charge in [0.15, 0.2) is 0 Å². The van der Waals surface area contributed by atoms with Crippen LogP contribution >= 0.6 is 11.3 Å². The van der Waals surface area contributed by atoms with Crippen molar-refractivity contribution < 1.29 is 15.0 Å². The second-order valence-corrected chi connectivity index (χ2v) is 8.38. The molecule has 0 spiro atoms. The van der Waals surface area contributed by atoms with Crippen molar-refractivity contribution in [2.24, 2.45) is 5.41 Å². The van der Waals surface area contributed by atoms with Gasteiger partial charge < -0.3 is 15.5 Å². The third-order valence-corrected chi connectivity index (χ3v) is 5.95. The number of phenols is 1. The molecule has 0 atom stereocenters. The van der Waals surface area contributed by atoms with Crippen molar-refractivity contribution in [1.29, 1.82) is 0 Å². The number of hydrogen-bond donors (Lipinski definition) is 3. The van der Waals surface area contributed by atoms with Gasteiger partial charge in [-0.3, -0.25) is 0 Å². The number of aromatic hydroxyl groups is 1. The second-order valence-electron chi connectivity index (χ2n) is 7.27. The Morgan fingerprint density at radius 2 is 2.08 bits per heavy atom. The van der Waals surface area contributed by atoms with E-state index in [9.17, 15) is 15.0 Å². The first kappa shape index (κ1) is 17.0. The van der Waals surface area contributed by atoms with Gasteiger partial charge in [-0.15, -0.1) is 11.3 Å². The third kappa shape index (κ3) is 3.19. The molecule has 24 heavy (non-hydrogen) atoms. The summed E-state index contributed by atoms with van der Waals surface area (Å²) in [5.74, 6) is -0.709.